The van der Waals surface area contributed by atoms with E-state index in [1.165, 1.54) is 5.56 Å². The van der Waals surface area contributed by atoms with Crippen molar-refractivity contribution >= 4 is 5.97 Å². The molecule has 1 N–H and O–H groups in total. The van der Waals surface area contributed by atoms with Crippen LogP contribution < -0.4 is 0 Å². The molecule has 3 heteroatoms. The minimum Gasteiger partial charge on any atom is -0.478 e. The van der Waals surface area contributed by atoms with Crippen LogP contribution in [0.25, 0.3) is 0 Å². The summed E-state index contributed by atoms with van der Waals surface area (Å²) < 4.78 is 5.29. The van der Waals surface area contributed by atoms with Gasteiger partial charge in [-0.15, -0.1) is 0 Å². The van der Waals surface area contributed by atoms with Crippen molar-refractivity contribution in [2.75, 3.05) is 13.2 Å². The van der Waals surface area contributed by atoms with Crippen molar-refractivity contribution in [2.45, 2.75) is 18.8 Å². The molecule has 1 saturated heterocycles. The number of carbonyl (C=O) groups is 1. The van der Waals surface area contributed by atoms with Crippen LogP contribution in [0.15, 0.2) is 24.3 Å². The molecule has 3 nitrogen and oxygen atoms in total. The molecule has 0 radical (unpaired) electrons. The highest BCUT2D eigenvalue weighted by molar-refractivity contribution is 5.87. The number of hydrogen-bond acceptors (Lipinski definition) is 2. The van der Waals surface area contributed by atoms with Crippen molar-refractivity contribution in [3.05, 3.63) is 35.4 Å². The van der Waals surface area contributed by atoms with E-state index in [4.69, 9.17) is 9.84 Å². The standard InChI is InChI=1S/C12H14O3/c13-12(14)11-3-1-9(2-4-11)10-5-7-15-8-6-10/h1-4,10H,5-8H2,(H,13,14). The first-order valence-corrected chi connectivity index (χ1v) is 5.18. The number of aromatic carboxylic acids is 1. The molecular weight excluding hydrogens is 192 g/mol. The summed E-state index contributed by atoms with van der Waals surface area (Å²) in [4.78, 5) is 10.7. The monoisotopic (exact) mass is 206 g/mol. The third kappa shape index (κ3) is 2.36. The first-order valence-electron chi connectivity index (χ1n) is 5.18. The predicted octanol–water partition coefficient (Wildman–Crippen LogP) is 2.28. The van der Waals surface area contributed by atoms with Gasteiger partial charge in [0.05, 0.1) is 5.56 Å². The van der Waals surface area contributed by atoms with Crippen LogP contribution in [-0.2, 0) is 4.74 Å². The Bertz CT molecular complexity index is 336. The van der Waals surface area contributed by atoms with E-state index in [9.17, 15) is 4.79 Å². The summed E-state index contributed by atoms with van der Waals surface area (Å²) in [5.74, 6) is -0.338. The fourth-order valence-electron chi connectivity index (χ4n) is 1.93. The molecule has 2 rings (SSSR count). The zero-order chi connectivity index (χ0) is 10.7. The van der Waals surface area contributed by atoms with E-state index < -0.39 is 5.97 Å². The second kappa shape index (κ2) is 4.45. The van der Waals surface area contributed by atoms with Crippen molar-refractivity contribution in [2.24, 2.45) is 0 Å². The minimum atomic E-state index is -0.867. The van der Waals surface area contributed by atoms with E-state index in [2.05, 4.69) is 0 Å². The van der Waals surface area contributed by atoms with Crippen LogP contribution in [0, 0.1) is 0 Å². The second-order valence-corrected chi connectivity index (χ2v) is 3.81. The highest BCUT2D eigenvalue weighted by Crippen LogP contribution is 2.26. The molecule has 0 saturated carbocycles. The van der Waals surface area contributed by atoms with Crippen molar-refractivity contribution < 1.29 is 14.6 Å². The summed E-state index contributed by atoms with van der Waals surface area (Å²) >= 11 is 0. The SMILES string of the molecule is O=C(O)c1ccc(C2CCOCC2)cc1. The van der Waals surface area contributed by atoms with Crippen molar-refractivity contribution in [1.29, 1.82) is 0 Å². The number of benzene rings is 1. The first kappa shape index (κ1) is 10.2. The first-order chi connectivity index (χ1) is 7.27. The summed E-state index contributed by atoms with van der Waals surface area (Å²) in [5, 5.41) is 8.77. The van der Waals surface area contributed by atoms with Gasteiger partial charge >= 0.3 is 5.97 Å². The minimum absolute atomic E-state index is 0.353. The Morgan fingerprint density at radius 2 is 1.80 bits per heavy atom. The molecule has 1 aliphatic heterocycles. The zero-order valence-electron chi connectivity index (χ0n) is 8.48. The molecule has 15 heavy (non-hydrogen) atoms. The van der Waals surface area contributed by atoms with E-state index in [0.29, 0.717) is 11.5 Å². The summed E-state index contributed by atoms with van der Waals surface area (Å²) in [6, 6.07) is 7.18. The van der Waals surface area contributed by atoms with Crippen molar-refractivity contribution in [3.63, 3.8) is 0 Å². The summed E-state index contributed by atoms with van der Waals surface area (Å²) in [7, 11) is 0. The average molecular weight is 206 g/mol. The van der Waals surface area contributed by atoms with Gasteiger partial charge in [0.15, 0.2) is 0 Å². The lowest BCUT2D eigenvalue weighted by Gasteiger charge is -2.22. The van der Waals surface area contributed by atoms with Crippen molar-refractivity contribution in [3.8, 4) is 0 Å². The number of rotatable bonds is 2. The molecule has 1 fully saturated rings. The predicted molar refractivity (Wildman–Crippen MR) is 56.2 cm³/mol. The summed E-state index contributed by atoms with van der Waals surface area (Å²) in [6.45, 7) is 1.62. The van der Waals surface area contributed by atoms with Gasteiger partial charge in [0, 0.05) is 13.2 Å². The lowest BCUT2D eigenvalue weighted by molar-refractivity contribution is 0.0696. The fraction of sp³-hybridized carbons (Fsp3) is 0.417. The lowest BCUT2D eigenvalue weighted by atomic mass is 9.91. The molecule has 1 aliphatic rings. The molecule has 1 heterocycles. The van der Waals surface area contributed by atoms with Gasteiger partial charge in [0.25, 0.3) is 0 Å². The Kier molecular flexibility index (Phi) is 3.02. The van der Waals surface area contributed by atoms with Gasteiger partial charge in [0.1, 0.15) is 0 Å². The Morgan fingerprint density at radius 1 is 1.20 bits per heavy atom. The molecule has 1 aromatic carbocycles. The van der Waals surface area contributed by atoms with Gasteiger partial charge in [-0.2, -0.15) is 0 Å². The van der Waals surface area contributed by atoms with Gasteiger partial charge in [0.2, 0.25) is 0 Å². The molecule has 1 aromatic rings. The van der Waals surface area contributed by atoms with Gasteiger partial charge in [-0.3, -0.25) is 0 Å². The fourth-order valence-corrected chi connectivity index (χ4v) is 1.93. The molecule has 0 amide bonds. The van der Waals surface area contributed by atoms with E-state index in [1.807, 2.05) is 12.1 Å². The molecule has 0 unspecified atom stereocenters. The quantitative estimate of drug-likeness (QED) is 0.807. The second-order valence-electron chi connectivity index (χ2n) is 3.81. The smallest absolute Gasteiger partial charge is 0.335 e. The molecule has 0 bridgehead atoms. The van der Waals surface area contributed by atoms with Gasteiger partial charge < -0.3 is 9.84 Å². The van der Waals surface area contributed by atoms with Crippen LogP contribution in [0.5, 0.6) is 0 Å². The highest BCUT2D eigenvalue weighted by Gasteiger charge is 2.15. The maximum Gasteiger partial charge on any atom is 0.335 e. The number of hydrogen-bond donors (Lipinski definition) is 1. The van der Waals surface area contributed by atoms with Crippen LogP contribution in [0.2, 0.25) is 0 Å². The molecule has 0 spiro atoms. The normalized spacial score (nSPS) is 17.6. The zero-order valence-corrected chi connectivity index (χ0v) is 8.48. The highest BCUT2D eigenvalue weighted by atomic mass is 16.5. The largest absolute Gasteiger partial charge is 0.478 e. The Hall–Kier alpha value is -1.35. The third-order valence-electron chi connectivity index (χ3n) is 2.85. The number of carboxylic acids is 1. The Balaban J connectivity index is 2.11. The average Bonchev–Trinajstić information content (AvgIpc) is 2.30. The summed E-state index contributed by atoms with van der Waals surface area (Å²) in [6.07, 6.45) is 2.07. The summed E-state index contributed by atoms with van der Waals surface area (Å²) in [5.41, 5.74) is 1.58. The molecule has 0 atom stereocenters. The van der Waals surface area contributed by atoms with E-state index in [1.54, 1.807) is 12.1 Å². The lowest BCUT2D eigenvalue weighted by Crippen LogP contribution is -2.14. The van der Waals surface area contributed by atoms with Crippen LogP contribution in [0.1, 0.15) is 34.7 Å². The maximum atomic E-state index is 10.7. The van der Waals surface area contributed by atoms with Crippen LogP contribution in [-0.4, -0.2) is 24.3 Å². The van der Waals surface area contributed by atoms with E-state index >= 15 is 0 Å². The number of ether oxygens (including phenoxy) is 1. The topological polar surface area (TPSA) is 46.5 Å². The Morgan fingerprint density at radius 3 is 2.33 bits per heavy atom. The maximum absolute atomic E-state index is 10.7. The number of carboxylic acid groups (broad SMARTS) is 1. The Labute approximate surface area is 88.7 Å². The molecular formula is C12H14O3. The van der Waals surface area contributed by atoms with Crippen LogP contribution >= 0.6 is 0 Å². The van der Waals surface area contributed by atoms with Gasteiger partial charge in [-0.25, -0.2) is 4.79 Å². The van der Waals surface area contributed by atoms with E-state index in [-0.39, 0.29) is 0 Å². The molecule has 0 aliphatic carbocycles. The van der Waals surface area contributed by atoms with Gasteiger partial charge in [-0.1, -0.05) is 12.1 Å². The van der Waals surface area contributed by atoms with Gasteiger partial charge in [-0.05, 0) is 36.5 Å². The van der Waals surface area contributed by atoms with Crippen molar-refractivity contribution in [1.82, 2.24) is 0 Å². The van der Waals surface area contributed by atoms with E-state index in [0.717, 1.165) is 26.1 Å². The molecule has 0 aromatic heterocycles. The van der Waals surface area contributed by atoms with Crippen LogP contribution in [0.4, 0.5) is 0 Å². The third-order valence-corrected chi connectivity index (χ3v) is 2.85. The molecule has 80 valence electrons. The van der Waals surface area contributed by atoms with Crippen LogP contribution in [0.3, 0.4) is 0 Å².